The molecule has 0 spiro atoms. The number of rotatable bonds is 1. The summed E-state index contributed by atoms with van der Waals surface area (Å²) in [5, 5.41) is 2.20. The summed E-state index contributed by atoms with van der Waals surface area (Å²) in [6.45, 7) is 1.33. The van der Waals surface area contributed by atoms with Gasteiger partial charge in [-0.25, -0.2) is 9.37 Å². The smallest absolute Gasteiger partial charge is 0.143 e. The van der Waals surface area contributed by atoms with Gasteiger partial charge in [-0.05, 0) is 31.0 Å². The molecule has 1 fully saturated rings. The molecule has 1 saturated heterocycles. The molecule has 0 bridgehead atoms. The van der Waals surface area contributed by atoms with Crippen molar-refractivity contribution >= 4 is 27.8 Å². The zero-order valence-electron chi connectivity index (χ0n) is 12.0. The summed E-state index contributed by atoms with van der Waals surface area (Å²) in [4.78, 5) is 11.0. The number of anilines is 1. The van der Waals surface area contributed by atoms with Gasteiger partial charge in [-0.2, -0.15) is 0 Å². The third-order valence-corrected chi connectivity index (χ3v) is 4.32. The standard InChI is InChI=1S/C16H17FN4/c1-20-14-6-7-18-9-13(14)12-4-5-15(19-16(12)20)21-8-2-3-11(17)10-21/h4-7,9,11H,2-3,8,10H2,1H3/i17-1. The quantitative estimate of drug-likeness (QED) is 0.688. The van der Waals surface area contributed by atoms with E-state index in [1.807, 2.05) is 30.3 Å². The molecule has 3 aromatic rings. The Bertz CT molecular complexity index is 810. The second-order valence-electron chi connectivity index (χ2n) is 5.68. The van der Waals surface area contributed by atoms with E-state index < -0.39 is 6.17 Å². The van der Waals surface area contributed by atoms with Crippen LogP contribution in [0.4, 0.5) is 10.2 Å². The number of aryl methyl sites for hydroxylation is 1. The Balaban J connectivity index is 1.86. The van der Waals surface area contributed by atoms with E-state index in [0.29, 0.717) is 13.0 Å². The highest BCUT2D eigenvalue weighted by molar-refractivity contribution is 6.06. The number of aromatic nitrogens is 3. The summed E-state index contributed by atoms with van der Waals surface area (Å²) in [6.07, 6.45) is 4.48. The number of piperidine rings is 1. The average molecular weight is 283 g/mol. The van der Waals surface area contributed by atoms with Gasteiger partial charge in [-0.1, -0.05) is 0 Å². The predicted molar refractivity (Wildman–Crippen MR) is 82.4 cm³/mol. The predicted octanol–water partition coefficient (Wildman–Crippen LogP) is 3.06. The fourth-order valence-corrected chi connectivity index (χ4v) is 3.22. The zero-order valence-corrected chi connectivity index (χ0v) is 12.0. The van der Waals surface area contributed by atoms with E-state index in [9.17, 15) is 4.39 Å². The fourth-order valence-electron chi connectivity index (χ4n) is 3.22. The SMILES string of the molecule is Cn1c2ccncc2c2ccc(N3CCCC([18F])C3)nc21. The molecule has 4 rings (SSSR count). The Morgan fingerprint density at radius 1 is 1.24 bits per heavy atom. The van der Waals surface area contributed by atoms with Crippen LogP contribution in [0.15, 0.2) is 30.6 Å². The summed E-state index contributed by atoms with van der Waals surface area (Å²) in [5.74, 6) is 0.865. The Morgan fingerprint density at radius 2 is 2.14 bits per heavy atom. The molecule has 21 heavy (non-hydrogen) atoms. The van der Waals surface area contributed by atoms with Crippen LogP contribution in [0.25, 0.3) is 21.9 Å². The lowest BCUT2D eigenvalue weighted by molar-refractivity contribution is 0.286. The molecule has 4 nitrogen and oxygen atoms in total. The van der Waals surface area contributed by atoms with Crippen LogP contribution in [0, 0.1) is 0 Å². The van der Waals surface area contributed by atoms with Gasteiger partial charge in [0.1, 0.15) is 17.6 Å². The molecule has 0 saturated carbocycles. The minimum atomic E-state index is -0.743. The Kier molecular flexibility index (Phi) is 2.80. The van der Waals surface area contributed by atoms with Crippen LogP contribution in [0.1, 0.15) is 12.8 Å². The summed E-state index contributed by atoms with van der Waals surface area (Å²) >= 11 is 0. The van der Waals surface area contributed by atoms with E-state index in [4.69, 9.17) is 4.98 Å². The third-order valence-electron chi connectivity index (χ3n) is 4.32. The number of halogens is 1. The Hall–Kier alpha value is -2.17. The lowest BCUT2D eigenvalue weighted by Crippen LogP contribution is -2.36. The second kappa shape index (κ2) is 4.69. The molecule has 1 atom stereocenters. The minimum absolute atomic E-state index is 0.448. The summed E-state index contributed by atoms with van der Waals surface area (Å²) < 4.78 is 15.7. The van der Waals surface area contributed by atoms with Gasteiger partial charge in [0.25, 0.3) is 0 Å². The molecule has 1 unspecified atom stereocenters. The number of hydrogen-bond acceptors (Lipinski definition) is 3. The molecule has 1 aliphatic rings. The summed E-state index contributed by atoms with van der Waals surface area (Å²) in [5.41, 5.74) is 2.04. The normalized spacial score (nSPS) is 19.5. The zero-order chi connectivity index (χ0) is 14.4. The number of hydrogen-bond donors (Lipinski definition) is 0. The highest BCUT2D eigenvalue weighted by atomic mass is 18.2. The fraction of sp³-hybridized carbons (Fsp3) is 0.375. The van der Waals surface area contributed by atoms with Gasteiger partial charge in [-0.15, -0.1) is 0 Å². The molecule has 0 aliphatic carbocycles. The van der Waals surface area contributed by atoms with Crippen molar-refractivity contribution in [2.45, 2.75) is 19.0 Å². The van der Waals surface area contributed by atoms with Crippen LogP contribution in [0.3, 0.4) is 0 Å². The van der Waals surface area contributed by atoms with Crippen LogP contribution < -0.4 is 4.90 Å². The van der Waals surface area contributed by atoms with Crippen molar-refractivity contribution in [1.82, 2.24) is 14.5 Å². The second-order valence-corrected chi connectivity index (χ2v) is 5.68. The molecule has 108 valence electrons. The van der Waals surface area contributed by atoms with E-state index in [1.54, 1.807) is 6.20 Å². The molecule has 0 radical (unpaired) electrons. The minimum Gasteiger partial charge on any atom is -0.354 e. The van der Waals surface area contributed by atoms with Crippen LogP contribution >= 0.6 is 0 Å². The first-order valence-electron chi connectivity index (χ1n) is 7.32. The highest BCUT2D eigenvalue weighted by Gasteiger charge is 2.21. The molecule has 0 amide bonds. The Morgan fingerprint density at radius 3 is 3.00 bits per heavy atom. The summed E-state index contributed by atoms with van der Waals surface area (Å²) in [6, 6.07) is 6.06. The van der Waals surface area contributed by atoms with Crippen LogP contribution in [0.5, 0.6) is 0 Å². The lowest BCUT2D eigenvalue weighted by atomic mass is 10.1. The van der Waals surface area contributed by atoms with Gasteiger partial charge in [0.05, 0.1) is 12.1 Å². The largest absolute Gasteiger partial charge is 0.354 e. The number of fused-ring (bicyclic) bond motifs is 3. The lowest BCUT2D eigenvalue weighted by Gasteiger charge is -2.29. The molecule has 0 N–H and O–H groups in total. The van der Waals surface area contributed by atoms with Crippen molar-refractivity contribution < 1.29 is 4.39 Å². The van der Waals surface area contributed by atoms with Crippen molar-refractivity contribution in [2.75, 3.05) is 18.0 Å². The van der Waals surface area contributed by atoms with E-state index in [0.717, 1.165) is 40.7 Å². The molecule has 3 aromatic heterocycles. The Labute approximate surface area is 122 Å². The van der Waals surface area contributed by atoms with Gasteiger partial charge >= 0.3 is 0 Å². The van der Waals surface area contributed by atoms with Crippen molar-refractivity contribution in [2.24, 2.45) is 7.05 Å². The van der Waals surface area contributed by atoms with Crippen molar-refractivity contribution in [3.8, 4) is 0 Å². The maximum absolute atomic E-state index is 13.6. The van der Waals surface area contributed by atoms with E-state index >= 15 is 0 Å². The maximum Gasteiger partial charge on any atom is 0.143 e. The van der Waals surface area contributed by atoms with E-state index in [-0.39, 0.29) is 0 Å². The van der Waals surface area contributed by atoms with E-state index in [2.05, 4.69) is 15.6 Å². The van der Waals surface area contributed by atoms with Crippen molar-refractivity contribution in [3.05, 3.63) is 30.6 Å². The average Bonchev–Trinajstić information content (AvgIpc) is 2.81. The monoisotopic (exact) mass is 283 g/mol. The van der Waals surface area contributed by atoms with Gasteiger partial charge < -0.3 is 9.47 Å². The van der Waals surface area contributed by atoms with Gasteiger partial charge in [-0.3, -0.25) is 4.98 Å². The van der Waals surface area contributed by atoms with Crippen LogP contribution in [-0.4, -0.2) is 33.8 Å². The molecular weight excluding hydrogens is 266 g/mol. The van der Waals surface area contributed by atoms with Gasteiger partial charge in [0.2, 0.25) is 0 Å². The first kappa shape index (κ1) is 12.6. The summed E-state index contributed by atoms with van der Waals surface area (Å²) in [7, 11) is 2.01. The van der Waals surface area contributed by atoms with Crippen molar-refractivity contribution in [3.63, 3.8) is 0 Å². The van der Waals surface area contributed by atoms with Gasteiger partial charge in [0, 0.05) is 36.8 Å². The third kappa shape index (κ3) is 1.95. The molecule has 4 heterocycles. The number of alkyl halides is 1. The first-order chi connectivity index (χ1) is 10.2. The van der Waals surface area contributed by atoms with E-state index in [1.165, 1.54) is 0 Å². The number of pyridine rings is 2. The molecule has 5 heteroatoms. The van der Waals surface area contributed by atoms with Crippen LogP contribution in [-0.2, 0) is 7.05 Å². The molecule has 0 aromatic carbocycles. The topological polar surface area (TPSA) is 34.0 Å². The molecular formula is C16H17FN4. The number of nitrogens with zero attached hydrogens (tertiary/aromatic N) is 4. The first-order valence-corrected chi connectivity index (χ1v) is 7.32. The van der Waals surface area contributed by atoms with Crippen LogP contribution in [0.2, 0.25) is 0 Å². The maximum atomic E-state index is 13.6. The van der Waals surface area contributed by atoms with Crippen molar-refractivity contribution in [1.29, 1.82) is 0 Å². The highest BCUT2D eigenvalue weighted by Crippen LogP contribution is 2.29. The molecule has 1 aliphatic heterocycles. The van der Waals surface area contributed by atoms with Gasteiger partial charge in [0.15, 0.2) is 0 Å².